The molecule has 57 heavy (non-hydrogen) atoms. The highest BCUT2D eigenvalue weighted by Crippen LogP contribution is 2.43. The molecule has 0 radical (unpaired) electrons. The summed E-state index contributed by atoms with van der Waals surface area (Å²) in [5.74, 6) is -0.323. The maximum absolute atomic E-state index is 12.7. The molecular formula is C48H93NO7P+. The largest absolute Gasteiger partial charge is 0.472 e. The van der Waals surface area contributed by atoms with E-state index in [0.717, 1.165) is 51.4 Å². The van der Waals surface area contributed by atoms with Crippen molar-refractivity contribution in [1.29, 1.82) is 0 Å². The van der Waals surface area contributed by atoms with Crippen molar-refractivity contribution >= 4 is 13.8 Å². The fourth-order valence-corrected chi connectivity index (χ4v) is 7.20. The predicted molar refractivity (Wildman–Crippen MR) is 243 cm³/mol. The van der Waals surface area contributed by atoms with Crippen molar-refractivity contribution in [3.63, 3.8) is 0 Å². The van der Waals surface area contributed by atoms with Gasteiger partial charge < -0.3 is 18.9 Å². The first-order valence-corrected chi connectivity index (χ1v) is 25.2. The second-order valence-electron chi connectivity index (χ2n) is 17.1. The molecule has 0 aromatic heterocycles. The number of carbonyl (C=O) groups is 1. The Balaban J connectivity index is 4.15. The molecule has 0 aromatic carbocycles. The van der Waals surface area contributed by atoms with Gasteiger partial charge in [-0.2, -0.15) is 0 Å². The van der Waals surface area contributed by atoms with Gasteiger partial charge in [-0.05, 0) is 70.6 Å². The van der Waals surface area contributed by atoms with Gasteiger partial charge in [-0.3, -0.25) is 13.8 Å². The minimum atomic E-state index is -4.28. The van der Waals surface area contributed by atoms with E-state index in [9.17, 15) is 14.3 Å². The molecule has 0 saturated heterocycles. The lowest BCUT2D eigenvalue weighted by Gasteiger charge is -2.24. The molecule has 336 valence electrons. The van der Waals surface area contributed by atoms with E-state index in [2.05, 4.69) is 50.3 Å². The Kier molecular flexibility index (Phi) is 40.5. The van der Waals surface area contributed by atoms with Crippen LogP contribution in [0.1, 0.15) is 206 Å². The van der Waals surface area contributed by atoms with Gasteiger partial charge in [0, 0.05) is 13.0 Å². The molecule has 0 aromatic rings. The van der Waals surface area contributed by atoms with E-state index < -0.39 is 13.9 Å². The van der Waals surface area contributed by atoms with E-state index >= 15 is 0 Å². The Hall–Kier alpha value is -1.28. The van der Waals surface area contributed by atoms with Crippen LogP contribution in [-0.4, -0.2) is 75.6 Å². The van der Waals surface area contributed by atoms with Crippen molar-refractivity contribution in [3.05, 3.63) is 36.5 Å². The van der Waals surface area contributed by atoms with E-state index in [1.807, 2.05) is 21.1 Å². The summed E-state index contributed by atoms with van der Waals surface area (Å²) in [7, 11) is 1.66. The number of unbranched alkanes of at least 4 members (excludes halogenated alkanes) is 24. The van der Waals surface area contributed by atoms with Gasteiger partial charge in [0.2, 0.25) is 0 Å². The predicted octanol–water partition coefficient (Wildman–Crippen LogP) is 14.2. The van der Waals surface area contributed by atoms with Crippen LogP contribution in [0.25, 0.3) is 0 Å². The number of ether oxygens (including phenoxy) is 2. The summed E-state index contributed by atoms with van der Waals surface area (Å²) in [6.07, 6.45) is 48.9. The number of quaternary nitrogens is 1. The van der Waals surface area contributed by atoms with Crippen LogP contribution < -0.4 is 0 Å². The number of phosphoric ester groups is 1. The molecule has 0 spiro atoms. The number of esters is 1. The molecule has 0 saturated carbocycles. The smallest absolute Gasteiger partial charge is 0.457 e. The van der Waals surface area contributed by atoms with Gasteiger partial charge in [0.1, 0.15) is 19.3 Å². The molecule has 0 aliphatic carbocycles. The average Bonchev–Trinajstić information content (AvgIpc) is 3.16. The van der Waals surface area contributed by atoms with E-state index in [0.29, 0.717) is 24.1 Å². The van der Waals surface area contributed by atoms with Crippen LogP contribution >= 0.6 is 7.82 Å². The van der Waals surface area contributed by atoms with Crippen LogP contribution in [0.2, 0.25) is 0 Å². The second kappa shape index (κ2) is 41.5. The van der Waals surface area contributed by atoms with Crippen LogP contribution in [0.5, 0.6) is 0 Å². The van der Waals surface area contributed by atoms with E-state index in [-0.39, 0.29) is 25.8 Å². The number of likely N-dealkylation sites (N-methyl/N-ethyl adjacent to an activating group) is 1. The normalized spacial score (nSPS) is 14.0. The lowest BCUT2D eigenvalue weighted by atomic mass is 10.1. The van der Waals surface area contributed by atoms with Gasteiger partial charge in [0.05, 0.1) is 34.4 Å². The van der Waals surface area contributed by atoms with Crippen molar-refractivity contribution in [2.45, 2.75) is 213 Å². The summed E-state index contributed by atoms with van der Waals surface area (Å²) >= 11 is 0. The van der Waals surface area contributed by atoms with Crippen LogP contribution in [-0.2, 0) is 27.9 Å². The van der Waals surface area contributed by atoms with Crippen molar-refractivity contribution in [2.75, 3.05) is 54.1 Å². The van der Waals surface area contributed by atoms with Gasteiger partial charge in [-0.25, -0.2) is 4.57 Å². The maximum Gasteiger partial charge on any atom is 0.472 e. The monoisotopic (exact) mass is 827 g/mol. The van der Waals surface area contributed by atoms with Crippen molar-refractivity contribution < 1.29 is 37.3 Å². The number of hydrogen-bond acceptors (Lipinski definition) is 6. The minimum Gasteiger partial charge on any atom is -0.457 e. The van der Waals surface area contributed by atoms with Crippen LogP contribution in [0.3, 0.4) is 0 Å². The standard InChI is InChI=1S/C48H92NO7P/c1-6-8-10-12-14-16-18-20-21-22-23-24-25-26-27-28-30-32-34-36-38-40-43-53-45-47(46-55-57(51,52)54-44-42-49(3,4)5)56-48(50)41-39-37-35-33-31-29-19-17-15-13-11-9-7-2/h17-20,22-23,47H,6-16,21,24-46H2,1-5H3/p+1/b19-17-,20-18-,23-22-. The van der Waals surface area contributed by atoms with Gasteiger partial charge in [0.25, 0.3) is 0 Å². The van der Waals surface area contributed by atoms with E-state index in [1.54, 1.807) is 0 Å². The molecule has 0 bridgehead atoms. The highest BCUT2D eigenvalue weighted by atomic mass is 31.2. The maximum atomic E-state index is 12.7. The minimum absolute atomic E-state index is 0.0865. The van der Waals surface area contributed by atoms with Crippen LogP contribution in [0.15, 0.2) is 36.5 Å². The number of nitrogens with zero attached hydrogens (tertiary/aromatic N) is 1. The third kappa shape index (κ3) is 45.7. The Morgan fingerprint density at radius 2 is 0.965 bits per heavy atom. The Morgan fingerprint density at radius 3 is 1.46 bits per heavy atom. The Morgan fingerprint density at radius 1 is 0.544 bits per heavy atom. The fraction of sp³-hybridized carbons (Fsp3) is 0.854. The van der Waals surface area contributed by atoms with E-state index in [1.165, 1.54) is 135 Å². The third-order valence-corrected chi connectivity index (χ3v) is 11.2. The number of phosphoric acid groups is 1. The number of rotatable bonds is 44. The lowest BCUT2D eigenvalue weighted by molar-refractivity contribution is -0.870. The third-order valence-electron chi connectivity index (χ3n) is 10.2. The summed E-state index contributed by atoms with van der Waals surface area (Å²) in [5.41, 5.74) is 0. The molecule has 2 unspecified atom stereocenters. The van der Waals surface area contributed by atoms with Gasteiger partial charge in [-0.15, -0.1) is 0 Å². The highest BCUT2D eigenvalue weighted by molar-refractivity contribution is 7.47. The van der Waals surface area contributed by atoms with E-state index in [4.69, 9.17) is 18.5 Å². The summed E-state index contributed by atoms with van der Waals surface area (Å²) in [4.78, 5) is 22.9. The number of hydrogen-bond donors (Lipinski definition) is 1. The number of allylic oxidation sites excluding steroid dienone is 6. The molecule has 8 nitrogen and oxygen atoms in total. The zero-order valence-corrected chi connectivity index (χ0v) is 39.0. The summed E-state index contributed by atoms with van der Waals surface area (Å²) < 4.78 is 35.0. The highest BCUT2D eigenvalue weighted by Gasteiger charge is 2.26. The molecular weight excluding hydrogens is 734 g/mol. The quantitative estimate of drug-likeness (QED) is 0.0215. The SMILES string of the molecule is CCCCCC/C=C\CCCCCCCC(=O)OC(COCCCCCCCCCCCC/C=C\C/C=C\CCCCCCC)COP(=O)(O)OCC[N+](C)(C)C. The average molecular weight is 827 g/mol. The van der Waals surface area contributed by atoms with Crippen LogP contribution in [0.4, 0.5) is 0 Å². The molecule has 0 aliphatic rings. The van der Waals surface area contributed by atoms with Crippen molar-refractivity contribution in [3.8, 4) is 0 Å². The second-order valence-corrected chi connectivity index (χ2v) is 18.6. The van der Waals surface area contributed by atoms with Gasteiger partial charge in [-0.1, -0.05) is 166 Å². The molecule has 2 atom stereocenters. The van der Waals surface area contributed by atoms with Crippen molar-refractivity contribution in [1.82, 2.24) is 0 Å². The topological polar surface area (TPSA) is 91.3 Å². The van der Waals surface area contributed by atoms with Gasteiger partial charge >= 0.3 is 13.8 Å². The molecule has 0 rings (SSSR count). The summed E-state index contributed by atoms with van der Waals surface area (Å²) in [5, 5.41) is 0. The first-order valence-electron chi connectivity index (χ1n) is 23.7. The fourth-order valence-electron chi connectivity index (χ4n) is 6.46. The number of carbonyl (C=O) groups excluding carboxylic acids is 1. The van der Waals surface area contributed by atoms with Gasteiger partial charge in [0.15, 0.2) is 0 Å². The Bertz CT molecular complexity index is 1010. The zero-order chi connectivity index (χ0) is 42.0. The molecule has 0 aliphatic heterocycles. The first kappa shape index (κ1) is 55.7. The first-order chi connectivity index (χ1) is 27.6. The lowest BCUT2D eigenvalue weighted by Crippen LogP contribution is -2.37. The Labute approximate surface area is 353 Å². The molecule has 0 fully saturated rings. The molecule has 9 heteroatoms. The van der Waals surface area contributed by atoms with Crippen molar-refractivity contribution in [2.24, 2.45) is 0 Å². The molecule has 0 amide bonds. The molecule has 1 N–H and O–H groups in total. The molecule has 0 heterocycles. The zero-order valence-electron chi connectivity index (χ0n) is 38.1. The van der Waals surface area contributed by atoms with Crippen LogP contribution in [0, 0.1) is 0 Å². The summed E-state index contributed by atoms with van der Waals surface area (Å²) in [6.45, 7) is 5.59. The summed E-state index contributed by atoms with van der Waals surface area (Å²) in [6, 6.07) is 0.